The first-order valence-electron chi connectivity index (χ1n) is 6.79. The fourth-order valence-corrected chi connectivity index (χ4v) is 2.28. The number of aryl methyl sites for hydroxylation is 1. The number of piperidine rings is 1. The Morgan fingerprint density at radius 2 is 2.22 bits per heavy atom. The summed E-state index contributed by atoms with van der Waals surface area (Å²) < 4.78 is 5.80. The molecule has 18 heavy (non-hydrogen) atoms. The number of hydrogen-bond acceptors (Lipinski definition) is 4. The predicted octanol–water partition coefficient (Wildman–Crippen LogP) is 1.72. The second-order valence-corrected chi connectivity index (χ2v) is 4.89. The van der Waals surface area contributed by atoms with Gasteiger partial charge in [-0.05, 0) is 50.4 Å². The lowest BCUT2D eigenvalue weighted by Gasteiger charge is -2.32. The van der Waals surface area contributed by atoms with Crippen LogP contribution in [0.3, 0.4) is 0 Å². The zero-order valence-electron chi connectivity index (χ0n) is 11.1. The smallest absolute Gasteiger partial charge is 0.128 e. The Bertz CT molecular complexity index is 362. The fraction of sp³-hybridized carbons (Fsp3) is 0.643. The number of hydrogen-bond donors (Lipinski definition) is 1. The van der Waals surface area contributed by atoms with Gasteiger partial charge in [0, 0.05) is 25.9 Å². The molecule has 2 N–H and O–H groups in total. The number of anilines is 1. The average Bonchev–Trinajstić information content (AvgIpc) is 2.40. The van der Waals surface area contributed by atoms with Crippen LogP contribution in [0.4, 0.5) is 5.82 Å². The highest BCUT2D eigenvalue weighted by Gasteiger charge is 2.20. The summed E-state index contributed by atoms with van der Waals surface area (Å²) in [6.07, 6.45) is 5.41. The van der Waals surface area contributed by atoms with Crippen molar-refractivity contribution in [2.24, 2.45) is 5.73 Å². The molecule has 4 nitrogen and oxygen atoms in total. The van der Waals surface area contributed by atoms with Gasteiger partial charge in [0.15, 0.2) is 0 Å². The fourth-order valence-electron chi connectivity index (χ4n) is 2.28. The van der Waals surface area contributed by atoms with E-state index in [4.69, 9.17) is 10.5 Å². The molecule has 0 bridgehead atoms. The molecular weight excluding hydrogens is 226 g/mol. The van der Waals surface area contributed by atoms with E-state index in [0.717, 1.165) is 44.8 Å². The molecule has 0 unspecified atom stereocenters. The molecule has 0 aromatic carbocycles. The van der Waals surface area contributed by atoms with Crippen molar-refractivity contribution in [1.29, 1.82) is 0 Å². The Hall–Kier alpha value is -1.13. The molecule has 0 atom stereocenters. The van der Waals surface area contributed by atoms with Crippen LogP contribution in [-0.2, 0) is 4.74 Å². The van der Waals surface area contributed by atoms with Crippen molar-refractivity contribution < 1.29 is 4.74 Å². The zero-order chi connectivity index (χ0) is 12.8. The van der Waals surface area contributed by atoms with Gasteiger partial charge in [-0.2, -0.15) is 0 Å². The standard InChI is InChI=1S/C14H23N3O/c1-12-3-7-16-14(11-12)17-8-4-13(5-9-17)18-10-2-6-15/h3,7,11,13H,2,4-6,8-10,15H2,1H3. The van der Waals surface area contributed by atoms with Crippen molar-refractivity contribution in [2.75, 3.05) is 31.1 Å². The first-order chi connectivity index (χ1) is 8.79. The van der Waals surface area contributed by atoms with Gasteiger partial charge in [0.25, 0.3) is 0 Å². The van der Waals surface area contributed by atoms with E-state index in [0.29, 0.717) is 12.6 Å². The van der Waals surface area contributed by atoms with Gasteiger partial charge >= 0.3 is 0 Å². The van der Waals surface area contributed by atoms with Gasteiger partial charge in [-0.15, -0.1) is 0 Å². The van der Waals surface area contributed by atoms with Crippen LogP contribution in [-0.4, -0.2) is 37.3 Å². The van der Waals surface area contributed by atoms with Gasteiger partial charge in [-0.3, -0.25) is 0 Å². The molecule has 1 aliphatic rings. The maximum Gasteiger partial charge on any atom is 0.128 e. The van der Waals surface area contributed by atoms with Crippen molar-refractivity contribution in [3.8, 4) is 0 Å². The summed E-state index contributed by atoms with van der Waals surface area (Å²) in [4.78, 5) is 6.78. The highest BCUT2D eigenvalue weighted by molar-refractivity contribution is 5.40. The summed E-state index contributed by atoms with van der Waals surface area (Å²) in [6, 6.07) is 4.18. The Kier molecular flexibility index (Phi) is 4.96. The largest absolute Gasteiger partial charge is 0.378 e. The van der Waals surface area contributed by atoms with Gasteiger partial charge < -0.3 is 15.4 Å². The van der Waals surface area contributed by atoms with Crippen molar-refractivity contribution in [3.05, 3.63) is 23.9 Å². The summed E-state index contributed by atoms with van der Waals surface area (Å²) in [5.41, 5.74) is 6.72. The first kappa shape index (κ1) is 13.3. The minimum Gasteiger partial charge on any atom is -0.378 e. The van der Waals surface area contributed by atoms with E-state index in [1.807, 2.05) is 12.3 Å². The van der Waals surface area contributed by atoms with Crippen LogP contribution in [0.5, 0.6) is 0 Å². The topological polar surface area (TPSA) is 51.4 Å². The molecule has 2 heterocycles. The minimum atomic E-state index is 0.401. The Morgan fingerprint density at radius 1 is 1.44 bits per heavy atom. The molecule has 0 saturated carbocycles. The predicted molar refractivity (Wildman–Crippen MR) is 73.8 cm³/mol. The molecule has 0 spiro atoms. The van der Waals surface area contributed by atoms with Crippen LogP contribution in [0.2, 0.25) is 0 Å². The monoisotopic (exact) mass is 249 g/mol. The first-order valence-corrected chi connectivity index (χ1v) is 6.79. The van der Waals surface area contributed by atoms with Crippen LogP contribution in [0.15, 0.2) is 18.3 Å². The maximum absolute atomic E-state index is 5.80. The van der Waals surface area contributed by atoms with Crippen molar-refractivity contribution in [3.63, 3.8) is 0 Å². The number of nitrogens with zero attached hydrogens (tertiary/aromatic N) is 2. The van der Waals surface area contributed by atoms with Gasteiger partial charge in [0.1, 0.15) is 5.82 Å². The number of pyridine rings is 1. The SMILES string of the molecule is Cc1ccnc(N2CCC(OCCCN)CC2)c1. The average molecular weight is 249 g/mol. The molecule has 1 saturated heterocycles. The molecule has 1 aromatic rings. The highest BCUT2D eigenvalue weighted by Crippen LogP contribution is 2.20. The molecule has 4 heteroatoms. The second kappa shape index (κ2) is 6.71. The van der Waals surface area contributed by atoms with Crippen molar-refractivity contribution >= 4 is 5.82 Å². The lowest BCUT2D eigenvalue weighted by Crippen LogP contribution is -2.37. The Balaban J connectivity index is 1.79. The normalized spacial score (nSPS) is 17.1. The van der Waals surface area contributed by atoms with Gasteiger partial charge in [-0.25, -0.2) is 4.98 Å². The number of nitrogens with two attached hydrogens (primary N) is 1. The molecule has 0 radical (unpaired) electrons. The zero-order valence-corrected chi connectivity index (χ0v) is 11.1. The van der Waals surface area contributed by atoms with Crippen LogP contribution in [0.25, 0.3) is 0 Å². The van der Waals surface area contributed by atoms with E-state index in [1.165, 1.54) is 5.56 Å². The molecule has 0 aliphatic carbocycles. The summed E-state index contributed by atoms with van der Waals surface area (Å²) in [5, 5.41) is 0. The van der Waals surface area contributed by atoms with Crippen LogP contribution >= 0.6 is 0 Å². The summed E-state index contributed by atoms with van der Waals surface area (Å²) >= 11 is 0. The van der Waals surface area contributed by atoms with Crippen LogP contribution < -0.4 is 10.6 Å². The quantitative estimate of drug-likeness (QED) is 0.807. The third-order valence-corrected chi connectivity index (χ3v) is 3.37. The summed E-state index contributed by atoms with van der Waals surface area (Å²) in [7, 11) is 0. The Labute approximate surface area is 109 Å². The minimum absolute atomic E-state index is 0.401. The van der Waals surface area contributed by atoms with E-state index >= 15 is 0 Å². The van der Waals surface area contributed by atoms with Crippen molar-refractivity contribution in [2.45, 2.75) is 32.3 Å². The third kappa shape index (κ3) is 3.68. The lowest BCUT2D eigenvalue weighted by atomic mass is 10.1. The third-order valence-electron chi connectivity index (χ3n) is 3.37. The second-order valence-electron chi connectivity index (χ2n) is 4.89. The maximum atomic E-state index is 5.80. The summed E-state index contributed by atoms with van der Waals surface area (Å²) in [5.74, 6) is 1.09. The lowest BCUT2D eigenvalue weighted by molar-refractivity contribution is 0.0365. The van der Waals surface area contributed by atoms with Gasteiger partial charge in [0.05, 0.1) is 6.10 Å². The molecule has 2 rings (SSSR count). The van der Waals surface area contributed by atoms with Crippen LogP contribution in [0, 0.1) is 6.92 Å². The van der Waals surface area contributed by atoms with E-state index in [9.17, 15) is 0 Å². The number of aromatic nitrogens is 1. The van der Waals surface area contributed by atoms with E-state index in [1.54, 1.807) is 0 Å². The molecule has 100 valence electrons. The summed E-state index contributed by atoms with van der Waals surface area (Å²) in [6.45, 7) is 5.68. The molecule has 0 amide bonds. The number of ether oxygens (including phenoxy) is 1. The Morgan fingerprint density at radius 3 is 2.89 bits per heavy atom. The van der Waals surface area contributed by atoms with E-state index in [2.05, 4.69) is 22.9 Å². The van der Waals surface area contributed by atoms with Crippen molar-refractivity contribution in [1.82, 2.24) is 4.98 Å². The molecule has 1 fully saturated rings. The molecule has 1 aromatic heterocycles. The van der Waals surface area contributed by atoms with E-state index in [-0.39, 0.29) is 0 Å². The highest BCUT2D eigenvalue weighted by atomic mass is 16.5. The number of rotatable bonds is 5. The van der Waals surface area contributed by atoms with E-state index < -0.39 is 0 Å². The van der Waals surface area contributed by atoms with Crippen LogP contribution in [0.1, 0.15) is 24.8 Å². The van der Waals surface area contributed by atoms with Gasteiger partial charge in [-0.1, -0.05) is 0 Å². The van der Waals surface area contributed by atoms with Gasteiger partial charge in [0.2, 0.25) is 0 Å². The molecule has 1 aliphatic heterocycles. The molecular formula is C14H23N3O.